The van der Waals surface area contributed by atoms with E-state index in [1.165, 1.54) is 23.8 Å². The lowest BCUT2D eigenvalue weighted by Crippen LogP contribution is -2.59. The van der Waals surface area contributed by atoms with Crippen molar-refractivity contribution in [1.29, 1.82) is 0 Å². The summed E-state index contributed by atoms with van der Waals surface area (Å²) in [4.78, 5) is 76.4. The van der Waals surface area contributed by atoms with Crippen molar-refractivity contribution in [2.45, 2.75) is 37.6 Å². The van der Waals surface area contributed by atoms with Crippen LogP contribution in [-0.2, 0) is 30.3 Å². The number of ether oxygens (including phenoxy) is 1. The molecule has 5 amide bonds. The fraction of sp³-hybridized carbons (Fsp3) is 0.355. The highest BCUT2D eigenvalue weighted by atomic mass is 16.5. The van der Waals surface area contributed by atoms with Gasteiger partial charge in [0, 0.05) is 50.1 Å². The molecular weight excluding hydrogens is 566 g/mol. The number of likely N-dealkylation sites (N-methyl/N-ethyl adjacent to an activating group) is 1. The van der Waals surface area contributed by atoms with E-state index in [1.54, 1.807) is 30.6 Å². The third-order valence-electron chi connectivity index (χ3n) is 7.56. The minimum atomic E-state index is -1.12. The van der Waals surface area contributed by atoms with Crippen LogP contribution in [0.1, 0.15) is 22.8 Å². The van der Waals surface area contributed by atoms with Gasteiger partial charge < -0.3 is 35.5 Å². The first-order chi connectivity index (χ1) is 21.2. The van der Waals surface area contributed by atoms with Crippen LogP contribution in [0.3, 0.4) is 0 Å². The van der Waals surface area contributed by atoms with Gasteiger partial charge >= 0.3 is 0 Å². The van der Waals surface area contributed by atoms with Crippen LogP contribution in [0.2, 0.25) is 0 Å². The molecule has 13 heteroatoms. The van der Waals surface area contributed by atoms with E-state index < -0.39 is 47.9 Å². The molecule has 1 aromatic heterocycles. The van der Waals surface area contributed by atoms with Gasteiger partial charge in [-0.1, -0.05) is 42.5 Å². The van der Waals surface area contributed by atoms with E-state index in [-0.39, 0.29) is 38.5 Å². The Hall–Kier alpha value is -5.04. The molecule has 5 rings (SSSR count). The summed E-state index contributed by atoms with van der Waals surface area (Å²) < 4.78 is 6.09. The maximum atomic E-state index is 13.7. The van der Waals surface area contributed by atoms with Gasteiger partial charge in [0.2, 0.25) is 17.7 Å². The minimum absolute atomic E-state index is 0.00861. The molecule has 0 saturated carbocycles. The number of hydrogen-bond acceptors (Lipinski definition) is 7. The van der Waals surface area contributed by atoms with Gasteiger partial charge in [-0.15, -0.1) is 0 Å². The van der Waals surface area contributed by atoms with E-state index >= 15 is 0 Å². The molecule has 4 N–H and O–H groups in total. The first-order valence-electron chi connectivity index (χ1n) is 14.4. The highest BCUT2D eigenvalue weighted by molar-refractivity contribution is 5.97. The maximum Gasteiger partial charge on any atom is 0.254 e. The number of benzene rings is 2. The van der Waals surface area contributed by atoms with E-state index in [0.717, 1.165) is 11.1 Å². The van der Waals surface area contributed by atoms with Gasteiger partial charge in [0.05, 0.1) is 19.2 Å². The number of amides is 5. The van der Waals surface area contributed by atoms with Crippen molar-refractivity contribution < 1.29 is 28.7 Å². The van der Waals surface area contributed by atoms with Gasteiger partial charge in [0.15, 0.2) is 6.10 Å². The Morgan fingerprint density at radius 2 is 1.80 bits per heavy atom. The fourth-order valence-electron chi connectivity index (χ4n) is 5.26. The number of aromatic nitrogens is 2. The molecule has 2 aromatic carbocycles. The molecule has 2 aliphatic heterocycles. The molecule has 44 heavy (non-hydrogen) atoms. The molecule has 0 spiro atoms. The standard InChI is InChI=1S/C31H35N7O6/c1-19-28(40)34-15-23-16-38(30(42)22-10-6-9-21(14-22)27-32-11-12-33-27)17-25(44-23)29(41)36-24(13-20-7-4-3-5-8-20)31(43)37(2)18-26(39)35-19/h3-12,14,19,23-25H,13,15-18H2,1-2H3,(H,32,33)(H,34,40)(H,35,39)(H,36,41)/t19-,23+,24-,25-/m1/s1. The zero-order chi connectivity index (χ0) is 31.2. The van der Waals surface area contributed by atoms with Gasteiger partial charge in [-0.3, -0.25) is 24.0 Å². The molecule has 0 radical (unpaired) electrons. The second-order valence-corrected chi connectivity index (χ2v) is 11.0. The Morgan fingerprint density at radius 3 is 2.55 bits per heavy atom. The Balaban J connectivity index is 1.42. The quantitative estimate of drug-likeness (QED) is 0.329. The van der Waals surface area contributed by atoms with Crippen LogP contribution >= 0.6 is 0 Å². The second kappa shape index (κ2) is 13.5. The lowest BCUT2D eigenvalue weighted by molar-refractivity contribution is -0.148. The monoisotopic (exact) mass is 601 g/mol. The molecule has 2 aliphatic rings. The zero-order valence-electron chi connectivity index (χ0n) is 24.5. The zero-order valence-corrected chi connectivity index (χ0v) is 24.5. The van der Waals surface area contributed by atoms with Gasteiger partial charge in [0.1, 0.15) is 17.9 Å². The molecule has 13 nitrogen and oxygen atoms in total. The predicted molar refractivity (Wildman–Crippen MR) is 159 cm³/mol. The van der Waals surface area contributed by atoms with E-state index in [1.807, 2.05) is 36.4 Å². The van der Waals surface area contributed by atoms with Crippen molar-refractivity contribution in [3.05, 3.63) is 78.1 Å². The SMILES string of the molecule is C[C@H]1NC(=O)CN(C)C(=O)[C@@H](Cc2ccccc2)NC(=O)[C@H]2CN(C(=O)c3cccc(-c4ncc[nH]4)c3)C[C@H](CNC1=O)O2. The number of H-pyrrole nitrogens is 1. The summed E-state index contributed by atoms with van der Waals surface area (Å²) in [6.45, 7) is 1.25. The third-order valence-corrected chi connectivity index (χ3v) is 7.56. The summed E-state index contributed by atoms with van der Waals surface area (Å²) in [7, 11) is 1.46. The van der Waals surface area contributed by atoms with Crippen LogP contribution < -0.4 is 16.0 Å². The van der Waals surface area contributed by atoms with Crippen LogP contribution in [0.5, 0.6) is 0 Å². The van der Waals surface area contributed by atoms with Crippen molar-refractivity contribution in [1.82, 2.24) is 35.7 Å². The maximum absolute atomic E-state index is 13.7. The highest BCUT2D eigenvalue weighted by Gasteiger charge is 2.37. The van der Waals surface area contributed by atoms with Crippen molar-refractivity contribution in [3.63, 3.8) is 0 Å². The summed E-state index contributed by atoms with van der Waals surface area (Å²) in [5.41, 5.74) is 1.92. The molecule has 2 fully saturated rings. The highest BCUT2D eigenvalue weighted by Crippen LogP contribution is 2.20. The number of aromatic amines is 1. The fourth-order valence-corrected chi connectivity index (χ4v) is 5.26. The van der Waals surface area contributed by atoms with Crippen molar-refractivity contribution in [2.24, 2.45) is 0 Å². The Kier molecular flexibility index (Phi) is 9.34. The molecule has 2 bridgehead atoms. The molecule has 0 aliphatic carbocycles. The van der Waals surface area contributed by atoms with Crippen LogP contribution in [-0.4, -0.2) is 107 Å². The number of nitrogens with one attached hydrogen (secondary N) is 4. The average Bonchev–Trinajstić information content (AvgIpc) is 3.58. The summed E-state index contributed by atoms with van der Waals surface area (Å²) >= 11 is 0. The van der Waals surface area contributed by atoms with E-state index in [0.29, 0.717) is 11.4 Å². The number of imidazole rings is 1. The lowest BCUT2D eigenvalue weighted by atomic mass is 10.0. The molecule has 230 valence electrons. The van der Waals surface area contributed by atoms with Crippen molar-refractivity contribution in [3.8, 4) is 11.4 Å². The van der Waals surface area contributed by atoms with E-state index in [9.17, 15) is 24.0 Å². The number of carbonyl (C=O) groups is 5. The molecule has 3 heterocycles. The van der Waals surface area contributed by atoms with Crippen molar-refractivity contribution in [2.75, 3.05) is 33.2 Å². The van der Waals surface area contributed by atoms with E-state index in [2.05, 4.69) is 25.9 Å². The van der Waals surface area contributed by atoms with Crippen molar-refractivity contribution >= 4 is 29.5 Å². The summed E-state index contributed by atoms with van der Waals surface area (Å²) in [6.07, 6.45) is 1.62. The van der Waals surface area contributed by atoms with Crippen LogP contribution in [0.25, 0.3) is 11.4 Å². The van der Waals surface area contributed by atoms with Gasteiger partial charge in [0.25, 0.3) is 11.8 Å². The van der Waals surface area contributed by atoms with Crippen LogP contribution in [0, 0.1) is 0 Å². The first-order valence-corrected chi connectivity index (χ1v) is 14.4. The first kappa shape index (κ1) is 30.4. The van der Waals surface area contributed by atoms with Crippen LogP contribution in [0.4, 0.5) is 0 Å². The lowest BCUT2D eigenvalue weighted by Gasteiger charge is -2.38. The summed E-state index contributed by atoms with van der Waals surface area (Å²) in [6, 6.07) is 14.3. The topological polar surface area (TPSA) is 166 Å². The van der Waals surface area contributed by atoms with Gasteiger partial charge in [-0.25, -0.2) is 4.98 Å². The van der Waals surface area contributed by atoms with Gasteiger partial charge in [-0.05, 0) is 24.6 Å². The predicted octanol–water partition coefficient (Wildman–Crippen LogP) is 0.107. The van der Waals surface area contributed by atoms with Crippen LogP contribution in [0.15, 0.2) is 67.0 Å². The molecule has 3 aromatic rings. The molecule has 2 saturated heterocycles. The number of nitrogens with zero attached hydrogens (tertiary/aromatic N) is 3. The number of morpholine rings is 1. The number of fused-ring (bicyclic) bond motifs is 2. The van der Waals surface area contributed by atoms with Gasteiger partial charge in [-0.2, -0.15) is 0 Å². The normalized spacial score (nSPS) is 23.6. The number of rotatable bonds is 4. The number of hydrogen-bond donors (Lipinski definition) is 4. The summed E-state index contributed by atoms with van der Waals surface area (Å²) in [5.74, 6) is -1.78. The largest absolute Gasteiger partial charge is 0.360 e. The number of carbonyl (C=O) groups excluding carboxylic acids is 5. The smallest absolute Gasteiger partial charge is 0.254 e. The molecule has 0 unspecified atom stereocenters. The third kappa shape index (κ3) is 7.29. The average molecular weight is 602 g/mol. The summed E-state index contributed by atoms with van der Waals surface area (Å²) in [5, 5.41) is 8.14. The molecular formula is C31H35N7O6. The Labute approximate surface area is 254 Å². The minimum Gasteiger partial charge on any atom is -0.360 e. The Bertz CT molecular complexity index is 1510. The Morgan fingerprint density at radius 1 is 1.00 bits per heavy atom. The molecule has 4 atom stereocenters. The second-order valence-electron chi connectivity index (χ2n) is 11.0. The van der Waals surface area contributed by atoms with E-state index in [4.69, 9.17) is 4.74 Å².